The van der Waals surface area contributed by atoms with Crippen LogP contribution in [0.2, 0.25) is 0 Å². The second-order valence-corrected chi connectivity index (χ2v) is 11.0. The number of ether oxygens (including phenoxy) is 1. The zero-order chi connectivity index (χ0) is 9.78. The van der Waals surface area contributed by atoms with Gasteiger partial charge in [-0.15, -0.1) is 0 Å². The van der Waals surface area contributed by atoms with Gasteiger partial charge in [-0.2, -0.15) is 8.46 Å². The average Bonchev–Trinajstić information content (AvgIpc) is 1.84. The van der Waals surface area contributed by atoms with Crippen molar-refractivity contribution in [3.8, 4) is 0 Å². The van der Waals surface area contributed by atoms with E-state index in [0.717, 1.165) is 0 Å². The molecule has 0 aromatic carbocycles. The highest BCUT2D eigenvalue weighted by molar-refractivity contribution is 9.58. The molecule has 0 aromatic rings. The first-order valence-corrected chi connectivity index (χ1v) is 7.93. The molecule has 0 radical (unpaired) electrons. The number of Topliss-reactive ketones (excluding diaryl/α,β-unsaturated/α-hetero) is 1. The van der Waals surface area contributed by atoms with E-state index >= 15 is 0 Å². The minimum absolute atomic E-state index is 0.242. The lowest BCUT2D eigenvalue weighted by Crippen LogP contribution is -2.22. The Balaban J connectivity index is 3.97. The van der Waals surface area contributed by atoms with Crippen LogP contribution in [-0.2, 0) is 14.3 Å². The minimum Gasteiger partial charge on any atom is -0.460 e. The van der Waals surface area contributed by atoms with Crippen molar-refractivity contribution >= 4 is 35.0 Å². The maximum Gasteiger partial charge on any atom is 0.375 e. The molecule has 0 amide bonds. The third kappa shape index (κ3) is 5.60. The van der Waals surface area contributed by atoms with Gasteiger partial charge in [0.25, 0.3) is 0 Å². The molecule has 5 heteroatoms. The first-order chi connectivity index (χ1) is 5.37. The molecule has 0 saturated carbocycles. The van der Waals surface area contributed by atoms with Gasteiger partial charge < -0.3 is 4.74 Å². The summed E-state index contributed by atoms with van der Waals surface area (Å²) in [6.07, 6.45) is 3.81. The van der Waals surface area contributed by atoms with E-state index in [1.54, 1.807) is 6.92 Å². The van der Waals surface area contributed by atoms with Crippen LogP contribution in [0.3, 0.4) is 0 Å². The summed E-state index contributed by atoms with van der Waals surface area (Å²) < 4.78 is 4.55. The quantitative estimate of drug-likeness (QED) is 0.566. The van der Waals surface area contributed by atoms with Crippen LogP contribution in [-0.4, -0.2) is 36.6 Å². The van der Waals surface area contributed by atoms with E-state index in [1.165, 1.54) is 0 Å². The number of rotatable bonds is 4. The van der Waals surface area contributed by atoms with E-state index in [2.05, 4.69) is 19.5 Å². The lowest BCUT2D eigenvalue weighted by atomic mass is 10.5. The van der Waals surface area contributed by atoms with Crippen molar-refractivity contribution in [3.63, 3.8) is 0 Å². The summed E-state index contributed by atoms with van der Waals surface area (Å²) in [7, 11) is -1.12. The van der Waals surface area contributed by atoms with Crippen LogP contribution in [0.15, 0.2) is 0 Å². The zero-order valence-corrected chi connectivity index (χ0v) is 9.83. The number of ketones is 1. The van der Waals surface area contributed by atoms with Gasteiger partial charge in [-0.05, 0) is 34.2 Å². The van der Waals surface area contributed by atoms with E-state index in [0.29, 0.717) is 0 Å². The fourth-order valence-corrected chi connectivity index (χ4v) is 1.95. The van der Waals surface area contributed by atoms with E-state index < -0.39 is 20.2 Å². The SMILES string of the molecule is CCOC(=O)C(=O)CS(C)(C)Br. The molecule has 3 nitrogen and oxygen atoms in total. The Morgan fingerprint density at radius 2 is 1.92 bits per heavy atom. The number of carbonyl (C=O) groups is 2. The zero-order valence-electron chi connectivity index (χ0n) is 7.43. The minimum atomic E-state index is -1.12. The van der Waals surface area contributed by atoms with Crippen molar-refractivity contribution in [2.45, 2.75) is 6.92 Å². The van der Waals surface area contributed by atoms with E-state index in [4.69, 9.17) is 0 Å². The normalized spacial score (nSPS) is 12.3. The first-order valence-electron chi connectivity index (χ1n) is 3.47. The van der Waals surface area contributed by atoms with E-state index in [1.807, 2.05) is 12.5 Å². The van der Waals surface area contributed by atoms with Gasteiger partial charge >= 0.3 is 5.97 Å². The summed E-state index contributed by atoms with van der Waals surface area (Å²) >= 11 is 3.35. The highest BCUT2D eigenvalue weighted by Crippen LogP contribution is 2.47. The molecule has 0 spiro atoms. The molecular formula is C7H13BrO3S. The molecule has 0 heterocycles. The molecule has 0 unspecified atom stereocenters. The van der Waals surface area contributed by atoms with Crippen molar-refractivity contribution in [2.24, 2.45) is 0 Å². The van der Waals surface area contributed by atoms with E-state index in [-0.39, 0.29) is 12.4 Å². The van der Waals surface area contributed by atoms with Crippen LogP contribution >= 0.6 is 23.3 Å². The van der Waals surface area contributed by atoms with Gasteiger partial charge in [0.2, 0.25) is 5.78 Å². The molecule has 72 valence electrons. The molecule has 12 heavy (non-hydrogen) atoms. The van der Waals surface area contributed by atoms with Crippen LogP contribution < -0.4 is 0 Å². The van der Waals surface area contributed by atoms with Gasteiger partial charge in [-0.25, -0.2) is 4.79 Å². The van der Waals surface area contributed by atoms with Crippen molar-refractivity contribution in [2.75, 3.05) is 24.9 Å². The number of carbonyl (C=O) groups excluding carboxylic acids is 2. The third-order valence-corrected chi connectivity index (χ3v) is 2.61. The summed E-state index contributed by atoms with van der Waals surface area (Å²) in [4.78, 5) is 21.9. The second-order valence-electron chi connectivity index (χ2n) is 2.69. The van der Waals surface area contributed by atoms with Crippen molar-refractivity contribution < 1.29 is 14.3 Å². The highest BCUT2D eigenvalue weighted by atomic mass is 79.9. The van der Waals surface area contributed by atoms with Crippen molar-refractivity contribution in [3.05, 3.63) is 0 Å². The standard InChI is InChI=1S/C7H13BrO3S/c1-4-11-7(10)6(9)5-12(2,3)8/h4-5H2,1-3H3. The van der Waals surface area contributed by atoms with Crippen LogP contribution in [0.4, 0.5) is 0 Å². The Morgan fingerprint density at radius 3 is 2.25 bits per heavy atom. The molecule has 0 saturated heterocycles. The third-order valence-electron chi connectivity index (χ3n) is 0.977. The maximum atomic E-state index is 11.1. The topological polar surface area (TPSA) is 43.4 Å². The van der Waals surface area contributed by atoms with E-state index in [9.17, 15) is 9.59 Å². The molecular weight excluding hydrogens is 244 g/mol. The fraction of sp³-hybridized carbons (Fsp3) is 0.714. The van der Waals surface area contributed by atoms with Gasteiger partial charge in [-0.1, -0.05) is 0 Å². The summed E-state index contributed by atoms with van der Waals surface area (Å²) in [5, 5.41) is 0. The lowest BCUT2D eigenvalue weighted by molar-refractivity contribution is -0.152. The predicted molar refractivity (Wildman–Crippen MR) is 54.9 cm³/mol. The largest absolute Gasteiger partial charge is 0.460 e. The molecule has 0 aromatic heterocycles. The first kappa shape index (κ1) is 12.0. The molecule has 0 N–H and O–H groups in total. The smallest absolute Gasteiger partial charge is 0.375 e. The van der Waals surface area contributed by atoms with Crippen LogP contribution in [0.1, 0.15) is 6.92 Å². The van der Waals surface area contributed by atoms with Gasteiger partial charge in [0.15, 0.2) is 0 Å². The second kappa shape index (κ2) is 4.87. The molecule has 0 rings (SSSR count). The highest BCUT2D eigenvalue weighted by Gasteiger charge is 2.20. The molecule has 0 fully saturated rings. The van der Waals surface area contributed by atoms with Crippen molar-refractivity contribution in [1.82, 2.24) is 0 Å². The molecule has 0 aliphatic rings. The summed E-state index contributed by atoms with van der Waals surface area (Å²) in [6.45, 7) is 1.93. The Kier molecular flexibility index (Phi) is 4.85. The number of hydrogen-bond acceptors (Lipinski definition) is 3. The van der Waals surface area contributed by atoms with Crippen LogP contribution in [0.5, 0.6) is 0 Å². The monoisotopic (exact) mass is 256 g/mol. The maximum absolute atomic E-state index is 11.1. The molecule has 0 aliphatic heterocycles. The summed E-state index contributed by atoms with van der Waals surface area (Å²) in [5.41, 5.74) is 0. The molecule has 0 bridgehead atoms. The van der Waals surface area contributed by atoms with Crippen LogP contribution in [0.25, 0.3) is 0 Å². The van der Waals surface area contributed by atoms with Gasteiger partial charge in [0.05, 0.1) is 12.4 Å². The van der Waals surface area contributed by atoms with Crippen LogP contribution in [0, 0.1) is 0 Å². The average molecular weight is 257 g/mol. The van der Waals surface area contributed by atoms with Gasteiger partial charge in [-0.3, -0.25) is 4.79 Å². The Bertz CT molecular complexity index is 186. The predicted octanol–water partition coefficient (Wildman–Crippen LogP) is 1.49. The van der Waals surface area contributed by atoms with Crippen molar-refractivity contribution in [1.29, 1.82) is 0 Å². The van der Waals surface area contributed by atoms with Gasteiger partial charge in [0.1, 0.15) is 0 Å². The fourth-order valence-electron chi connectivity index (χ4n) is 0.582. The summed E-state index contributed by atoms with van der Waals surface area (Å²) in [5.74, 6) is -0.933. The van der Waals surface area contributed by atoms with Gasteiger partial charge in [0, 0.05) is 0 Å². The lowest BCUT2D eigenvalue weighted by Gasteiger charge is -2.19. The number of hydrogen-bond donors (Lipinski definition) is 0. The number of esters is 1. The number of halogens is 1. The summed E-state index contributed by atoms with van der Waals surface area (Å²) in [6, 6.07) is 0. The Hall–Kier alpha value is -0.0300. The molecule has 0 aliphatic carbocycles. The Labute approximate surface area is 81.4 Å². The molecule has 0 atom stereocenters. The Morgan fingerprint density at radius 1 is 1.42 bits per heavy atom.